The molecule has 0 radical (unpaired) electrons. The number of urea groups is 1. The van der Waals surface area contributed by atoms with Gasteiger partial charge in [0, 0.05) is 5.56 Å². The van der Waals surface area contributed by atoms with Gasteiger partial charge in [-0.3, -0.25) is 0 Å². The van der Waals surface area contributed by atoms with Crippen LogP contribution in [0.4, 0.5) is 4.79 Å². The number of hydrogen-bond acceptors (Lipinski definition) is 3. The number of amides is 2. The van der Waals surface area contributed by atoms with Crippen molar-refractivity contribution in [1.82, 2.24) is 5.43 Å². The summed E-state index contributed by atoms with van der Waals surface area (Å²) in [5.74, 6) is 1.87. The topological polar surface area (TPSA) is 76.7 Å². The van der Waals surface area contributed by atoms with E-state index < -0.39 is 6.03 Å². The lowest BCUT2D eigenvalue weighted by Gasteiger charge is -2.10. The molecule has 0 atom stereocenters. The minimum atomic E-state index is -0.709. The quantitative estimate of drug-likeness (QED) is 0.653. The summed E-state index contributed by atoms with van der Waals surface area (Å²) in [6.45, 7) is 4.29. The maximum atomic E-state index is 10.6. The third-order valence-corrected chi connectivity index (χ3v) is 3.07. The maximum absolute atomic E-state index is 10.6. The van der Waals surface area contributed by atoms with Crippen molar-refractivity contribution < 1.29 is 9.53 Å². The van der Waals surface area contributed by atoms with Gasteiger partial charge in [-0.25, -0.2) is 10.2 Å². The molecule has 22 heavy (non-hydrogen) atoms. The molecule has 0 spiro atoms. The van der Waals surface area contributed by atoms with E-state index in [9.17, 15) is 4.79 Å². The van der Waals surface area contributed by atoms with Gasteiger partial charge in [-0.2, -0.15) is 5.10 Å². The Kier molecular flexibility index (Phi) is 5.14. The van der Waals surface area contributed by atoms with Gasteiger partial charge in [-0.1, -0.05) is 38.1 Å². The molecule has 114 valence electrons. The summed E-state index contributed by atoms with van der Waals surface area (Å²) in [4.78, 5) is 10.6. The smallest absolute Gasteiger partial charge is 0.332 e. The zero-order chi connectivity index (χ0) is 15.9. The molecule has 0 saturated carbocycles. The number of nitrogens with two attached hydrogens (primary N) is 1. The largest absolute Gasteiger partial charge is 0.457 e. The van der Waals surface area contributed by atoms with Crippen LogP contribution in [0.1, 0.15) is 30.9 Å². The first-order valence-electron chi connectivity index (χ1n) is 7.01. The fourth-order valence-corrected chi connectivity index (χ4v) is 1.89. The Balaban J connectivity index is 2.15. The van der Waals surface area contributed by atoms with Crippen molar-refractivity contribution in [2.24, 2.45) is 10.8 Å². The van der Waals surface area contributed by atoms with Crippen LogP contribution in [-0.2, 0) is 0 Å². The minimum Gasteiger partial charge on any atom is -0.457 e. The molecule has 2 rings (SSSR count). The van der Waals surface area contributed by atoms with E-state index >= 15 is 0 Å². The second-order valence-corrected chi connectivity index (χ2v) is 5.10. The van der Waals surface area contributed by atoms with Crippen LogP contribution in [0.2, 0.25) is 0 Å². The summed E-state index contributed by atoms with van der Waals surface area (Å²) < 4.78 is 5.87. The molecule has 0 bridgehead atoms. The van der Waals surface area contributed by atoms with Crippen molar-refractivity contribution >= 4 is 12.2 Å². The van der Waals surface area contributed by atoms with Gasteiger partial charge in [-0.05, 0) is 35.7 Å². The second-order valence-electron chi connectivity index (χ2n) is 5.10. The van der Waals surface area contributed by atoms with Gasteiger partial charge < -0.3 is 10.5 Å². The van der Waals surface area contributed by atoms with Gasteiger partial charge in [0.25, 0.3) is 0 Å². The van der Waals surface area contributed by atoms with Crippen molar-refractivity contribution in [1.29, 1.82) is 0 Å². The molecule has 2 aromatic carbocycles. The lowest BCUT2D eigenvalue weighted by atomic mass is 10.0. The van der Waals surface area contributed by atoms with E-state index in [4.69, 9.17) is 10.5 Å². The van der Waals surface area contributed by atoms with Gasteiger partial charge in [-0.15, -0.1) is 0 Å². The third-order valence-electron chi connectivity index (χ3n) is 3.07. The molecule has 0 aliphatic carbocycles. The molecule has 0 saturated heterocycles. The predicted molar refractivity (Wildman–Crippen MR) is 87.4 cm³/mol. The molecule has 0 unspecified atom stereocenters. The molecule has 3 N–H and O–H groups in total. The molecule has 2 aromatic rings. The molecular formula is C17H19N3O2. The number of hydrogen-bond donors (Lipinski definition) is 2. The van der Waals surface area contributed by atoms with Crippen LogP contribution in [0.15, 0.2) is 53.6 Å². The summed E-state index contributed by atoms with van der Waals surface area (Å²) in [6, 6.07) is 14.7. The van der Waals surface area contributed by atoms with Gasteiger partial charge >= 0.3 is 6.03 Å². The predicted octanol–water partition coefficient (Wildman–Crippen LogP) is 3.60. The average Bonchev–Trinajstić information content (AvgIpc) is 2.49. The van der Waals surface area contributed by atoms with E-state index in [-0.39, 0.29) is 0 Å². The number of primary amides is 1. The highest BCUT2D eigenvalue weighted by atomic mass is 16.5. The lowest BCUT2D eigenvalue weighted by Crippen LogP contribution is -2.24. The lowest BCUT2D eigenvalue weighted by molar-refractivity contribution is 0.249. The van der Waals surface area contributed by atoms with Crippen molar-refractivity contribution in [3.8, 4) is 11.5 Å². The summed E-state index contributed by atoms with van der Waals surface area (Å²) in [7, 11) is 0. The Labute approximate surface area is 129 Å². The van der Waals surface area contributed by atoms with Crippen LogP contribution < -0.4 is 15.9 Å². The Hall–Kier alpha value is -2.82. The number of hydrazone groups is 1. The number of rotatable bonds is 5. The molecule has 5 nitrogen and oxygen atoms in total. The number of para-hydroxylation sites is 1. The van der Waals surface area contributed by atoms with Gasteiger partial charge in [0.1, 0.15) is 11.5 Å². The van der Waals surface area contributed by atoms with Gasteiger partial charge in [0.15, 0.2) is 0 Å². The zero-order valence-electron chi connectivity index (χ0n) is 12.6. The van der Waals surface area contributed by atoms with Gasteiger partial charge in [0.05, 0.1) is 6.21 Å². The van der Waals surface area contributed by atoms with E-state index in [0.717, 1.165) is 11.3 Å². The first-order chi connectivity index (χ1) is 10.6. The first-order valence-corrected chi connectivity index (χ1v) is 7.01. The average molecular weight is 297 g/mol. The highest BCUT2D eigenvalue weighted by molar-refractivity contribution is 5.84. The fourth-order valence-electron chi connectivity index (χ4n) is 1.89. The van der Waals surface area contributed by atoms with E-state index in [0.29, 0.717) is 11.7 Å². The normalized spacial score (nSPS) is 10.9. The van der Waals surface area contributed by atoms with Crippen molar-refractivity contribution in [3.63, 3.8) is 0 Å². The summed E-state index contributed by atoms with van der Waals surface area (Å²) in [6.07, 6.45) is 1.49. The summed E-state index contributed by atoms with van der Waals surface area (Å²) in [5.41, 5.74) is 9.12. The van der Waals surface area contributed by atoms with Crippen molar-refractivity contribution in [3.05, 3.63) is 59.7 Å². The van der Waals surface area contributed by atoms with E-state index in [2.05, 4.69) is 24.4 Å². The highest BCUT2D eigenvalue weighted by Crippen LogP contribution is 2.26. The third kappa shape index (κ3) is 4.34. The zero-order valence-corrected chi connectivity index (χ0v) is 12.6. The number of benzene rings is 2. The van der Waals surface area contributed by atoms with Crippen molar-refractivity contribution in [2.75, 3.05) is 0 Å². The molecule has 0 heterocycles. The Bertz CT molecular complexity index is 664. The molecular weight excluding hydrogens is 278 g/mol. The van der Waals surface area contributed by atoms with E-state index in [1.165, 1.54) is 11.8 Å². The van der Waals surface area contributed by atoms with Gasteiger partial charge in [0.2, 0.25) is 0 Å². The molecule has 0 aliphatic rings. The number of carbonyl (C=O) groups is 1. The van der Waals surface area contributed by atoms with Crippen LogP contribution >= 0.6 is 0 Å². The number of nitrogens with zero attached hydrogens (tertiary/aromatic N) is 1. The molecule has 5 heteroatoms. The van der Waals surface area contributed by atoms with Crippen LogP contribution in [0.25, 0.3) is 0 Å². The monoisotopic (exact) mass is 297 g/mol. The molecule has 0 fully saturated rings. The first kappa shape index (κ1) is 15.6. The van der Waals surface area contributed by atoms with Crippen molar-refractivity contribution in [2.45, 2.75) is 19.8 Å². The molecule has 0 aliphatic heterocycles. The standard InChI is InChI=1S/C17H19N3O2/c1-12(2)13-7-9-15(10-8-13)22-16-6-4-3-5-14(16)11-19-20-17(18)21/h3-12H,1-2H3,(H3,18,20,21). The SMILES string of the molecule is CC(C)c1ccc(Oc2ccccc2C=NNC(N)=O)cc1. The van der Waals surface area contributed by atoms with Crippen LogP contribution in [0, 0.1) is 0 Å². The Morgan fingerprint density at radius 3 is 2.50 bits per heavy atom. The second kappa shape index (κ2) is 7.26. The number of nitrogens with one attached hydrogen (secondary N) is 1. The maximum Gasteiger partial charge on any atom is 0.332 e. The van der Waals surface area contributed by atoms with E-state index in [1.807, 2.05) is 48.5 Å². The Morgan fingerprint density at radius 2 is 1.86 bits per heavy atom. The Morgan fingerprint density at radius 1 is 1.18 bits per heavy atom. The molecule has 2 amide bonds. The minimum absolute atomic E-state index is 0.480. The fraction of sp³-hybridized carbons (Fsp3) is 0.176. The summed E-state index contributed by atoms with van der Waals surface area (Å²) >= 11 is 0. The molecule has 0 aromatic heterocycles. The van der Waals surface area contributed by atoms with E-state index in [1.54, 1.807) is 0 Å². The van der Waals surface area contributed by atoms with Crippen LogP contribution in [-0.4, -0.2) is 12.2 Å². The van der Waals surface area contributed by atoms with Crippen LogP contribution in [0.5, 0.6) is 11.5 Å². The number of ether oxygens (including phenoxy) is 1. The van der Waals surface area contributed by atoms with Crippen LogP contribution in [0.3, 0.4) is 0 Å². The number of carbonyl (C=O) groups excluding carboxylic acids is 1. The highest BCUT2D eigenvalue weighted by Gasteiger charge is 2.04. The summed E-state index contributed by atoms with van der Waals surface area (Å²) in [5, 5.41) is 3.75.